The van der Waals surface area contributed by atoms with Gasteiger partial charge in [-0.1, -0.05) is 0 Å². The minimum Gasteiger partial charge on any atom is -0.464 e. The third-order valence-corrected chi connectivity index (χ3v) is 2.39. The monoisotopic (exact) mass is 245 g/mol. The van der Waals surface area contributed by atoms with Gasteiger partial charge in [0.1, 0.15) is 5.82 Å². The number of pyridine rings is 1. The number of aryl methyl sites for hydroxylation is 1. The van der Waals surface area contributed by atoms with E-state index in [1.165, 1.54) is 7.11 Å². The Morgan fingerprint density at radius 2 is 2.11 bits per heavy atom. The number of carbonyl (C=O) groups excluding carboxylic acids is 1. The van der Waals surface area contributed by atoms with Gasteiger partial charge in [-0.05, 0) is 6.92 Å². The lowest BCUT2D eigenvalue weighted by molar-refractivity contribution is -0.685. The molecule has 0 aromatic carbocycles. The molecule has 2 heterocycles. The maximum Gasteiger partial charge on any atom is 0.372 e. The number of aromatic nitrogens is 4. The number of nitrogens with zero attached hydrogens (tertiary/aromatic N) is 4. The van der Waals surface area contributed by atoms with Crippen molar-refractivity contribution in [2.75, 3.05) is 7.11 Å². The van der Waals surface area contributed by atoms with Crippen LogP contribution in [0.15, 0.2) is 30.7 Å². The Morgan fingerprint density at radius 1 is 1.39 bits per heavy atom. The van der Waals surface area contributed by atoms with Crippen molar-refractivity contribution >= 4 is 5.97 Å². The minimum atomic E-state index is -0.285. The van der Waals surface area contributed by atoms with Gasteiger partial charge in [0.05, 0.1) is 19.0 Å². The van der Waals surface area contributed by atoms with Crippen molar-refractivity contribution in [3.8, 4) is 11.3 Å². The number of esters is 1. The molecule has 2 rings (SSSR count). The molecule has 2 aromatic rings. The Bertz CT molecular complexity index is 554. The standard InChI is InChI=1S/C12H13N4O2/c1-9-14-11(7-13-15-9)10-3-5-16(6-4-10)8-12(17)18-2/h3-7H,8H2,1-2H3/q+1. The Kier molecular flexibility index (Phi) is 3.57. The Labute approximate surface area is 104 Å². The number of hydrogen-bond acceptors (Lipinski definition) is 5. The molecule has 92 valence electrons. The van der Waals surface area contributed by atoms with Crippen LogP contribution in [-0.4, -0.2) is 28.3 Å². The van der Waals surface area contributed by atoms with Crippen molar-refractivity contribution in [3.05, 3.63) is 36.5 Å². The number of ether oxygens (including phenoxy) is 1. The summed E-state index contributed by atoms with van der Waals surface area (Å²) in [5.74, 6) is 0.339. The van der Waals surface area contributed by atoms with Crippen molar-refractivity contribution in [2.24, 2.45) is 0 Å². The second-order valence-corrected chi connectivity index (χ2v) is 3.72. The Hall–Kier alpha value is -2.37. The zero-order chi connectivity index (χ0) is 13.0. The highest BCUT2D eigenvalue weighted by Gasteiger charge is 2.09. The molecule has 0 spiro atoms. The zero-order valence-electron chi connectivity index (χ0n) is 10.2. The lowest BCUT2D eigenvalue weighted by Crippen LogP contribution is -2.37. The van der Waals surface area contributed by atoms with Crippen molar-refractivity contribution in [1.82, 2.24) is 15.2 Å². The van der Waals surface area contributed by atoms with E-state index in [-0.39, 0.29) is 12.5 Å². The lowest BCUT2D eigenvalue weighted by atomic mass is 10.2. The van der Waals surface area contributed by atoms with E-state index >= 15 is 0 Å². The smallest absolute Gasteiger partial charge is 0.372 e. The molecule has 2 aromatic heterocycles. The molecule has 0 N–H and O–H groups in total. The average Bonchev–Trinajstić information content (AvgIpc) is 2.39. The molecule has 0 amide bonds. The van der Waals surface area contributed by atoms with Gasteiger partial charge >= 0.3 is 5.97 Å². The van der Waals surface area contributed by atoms with Gasteiger partial charge in [-0.3, -0.25) is 0 Å². The summed E-state index contributed by atoms with van der Waals surface area (Å²) in [6.45, 7) is 1.98. The van der Waals surface area contributed by atoms with Crippen LogP contribution in [0.4, 0.5) is 0 Å². The highest BCUT2D eigenvalue weighted by Crippen LogP contribution is 2.12. The molecule has 6 heteroatoms. The van der Waals surface area contributed by atoms with Crippen LogP contribution in [0.1, 0.15) is 5.82 Å². The van der Waals surface area contributed by atoms with Crippen molar-refractivity contribution in [1.29, 1.82) is 0 Å². The van der Waals surface area contributed by atoms with E-state index in [1.54, 1.807) is 30.1 Å². The fourth-order valence-corrected chi connectivity index (χ4v) is 1.48. The molecule has 0 saturated heterocycles. The van der Waals surface area contributed by atoms with E-state index in [2.05, 4.69) is 19.9 Å². The second-order valence-electron chi connectivity index (χ2n) is 3.72. The molecule has 18 heavy (non-hydrogen) atoms. The second kappa shape index (κ2) is 5.31. The fraction of sp³-hybridized carbons (Fsp3) is 0.250. The van der Waals surface area contributed by atoms with Crippen molar-refractivity contribution in [2.45, 2.75) is 13.5 Å². The quantitative estimate of drug-likeness (QED) is 0.575. The summed E-state index contributed by atoms with van der Waals surface area (Å²) in [5, 5.41) is 7.66. The minimum absolute atomic E-state index is 0.192. The Morgan fingerprint density at radius 3 is 2.72 bits per heavy atom. The predicted molar refractivity (Wildman–Crippen MR) is 62.2 cm³/mol. The molecule has 0 atom stereocenters. The number of hydrogen-bond donors (Lipinski definition) is 0. The summed E-state index contributed by atoms with van der Waals surface area (Å²) in [6, 6.07) is 3.73. The molecule has 0 aliphatic heterocycles. The third-order valence-electron chi connectivity index (χ3n) is 2.39. The van der Waals surface area contributed by atoms with Gasteiger partial charge in [-0.15, -0.1) is 5.10 Å². The molecule has 0 bridgehead atoms. The van der Waals surface area contributed by atoms with Gasteiger partial charge in [-0.25, -0.2) is 9.78 Å². The van der Waals surface area contributed by atoms with Gasteiger partial charge in [0, 0.05) is 17.7 Å². The summed E-state index contributed by atoms with van der Waals surface area (Å²) in [4.78, 5) is 15.4. The largest absolute Gasteiger partial charge is 0.464 e. The van der Waals surface area contributed by atoms with Gasteiger partial charge in [0.2, 0.25) is 6.54 Å². The molecule has 0 saturated carbocycles. The van der Waals surface area contributed by atoms with Crippen molar-refractivity contribution in [3.63, 3.8) is 0 Å². The van der Waals surface area contributed by atoms with E-state index in [0.717, 1.165) is 11.3 Å². The van der Waals surface area contributed by atoms with Crippen LogP contribution in [0.5, 0.6) is 0 Å². The highest BCUT2D eigenvalue weighted by atomic mass is 16.5. The normalized spacial score (nSPS) is 10.1. The zero-order valence-corrected chi connectivity index (χ0v) is 10.2. The molecule has 6 nitrogen and oxygen atoms in total. The van der Waals surface area contributed by atoms with Gasteiger partial charge in [-0.2, -0.15) is 9.67 Å². The Balaban J connectivity index is 2.19. The topological polar surface area (TPSA) is 68.8 Å². The number of carbonyl (C=O) groups is 1. The first-order valence-corrected chi connectivity index (χ1v) is 5.41. The van der Waals surface area contributed by atoms with E-state index in [9.17, 15) is 4.79 Å². The summed E-state index contributed by atoms with van der Waals surface area (Å²) in [7, 11) is 1.37. The molecule has 0 unspecified atom stereocenters. The fourth-order valence-electron chi connectivity index (χ4n) is 1.48. The molecule has 0 aliphatic rings. The number of methoxy groups -OCH3 is 1. The average molecular weight is 245 g/mol. The van der Waals surface area contributed by atoms with Crippen LogP contribution in [0.25, 0.3) is 11.3 Å². The van der Waals surface area contributed by atoms with Crippen molar-refractivity contribution < 1.29 is 14.1 Å². The summed E-state index contributed by atoms with van der Waals surface area (Å²) in [5.41, 5.74) is 1.68. The third kappa shape index (κ3) is 2.85. The summed E-state index contributed by atoms with van der Waals surface area (Å²) < 4.78 is 6.33. The van der Waals surface area contributed by atoms with E-state index in [4.69, 9.17) is 0 Å². The first-order valence-electron chi connectivity index (χ1n) is 5.41. The maximum atomic E-state index is 11.1. The van der Waals surface area contributed by atoms with Crippen LogP contribution in [-0.2, 0) is 16.1 Å². The van der Waals surface area contributed by atoms with Crippen LogP contribution in [0.2, 0.25) is 0 Å². The molecular weight excluding hydrogens is 232 g/mol. The van der Waals surface area contributed by atoms with E-state index in [1.807, 2.05) is 12.1 Å². The van der Waals surface area contributed by atoms with Crippen LogP contribution in [0.3, 0.4) is 0 Å². The summed E-state index contributed by atoms with van der Waals surface area (Å²) >= 11 is 0. The predicted octanol–water partition coefficient (Wildman–Crippen LogP) is 0.308. The van der Waals surface area contributed by atoms with Gasteiger partial charge < -0.3 is 4.74 Å². The van der Waals surface area contributed by atoms with Crippen LogP contribution in [0, 0.1) is 6.92 Å². The molecule has 0 radical (unpaired) electrons. The van der Waals surface area contributed by atoms with Crippen LogP contribution < -0.4 is 4.57 Å². The molecule has 0 fully saturated rings. The van der Waals surface area contributed by atoms with Gasteiger partial charge in [0.25, 0.3) is 0 Å². The molecule has 0 aliphatic carbocycles. The number of rotatable bonds is 3. The van der Waals surface area contributed by atoms with Gasteiger partial charge in [0.15, 0.2) is 12.4 Å². The SMILES string of the molecule is COC(=O)C[n+]1ccc(-c2cnnc(C)n2)cc1. The lowest BCUT2D eigenvalue weighted by Gasteiger charge is -2.00. The van der Waals surface area contributed by atoms with Crippen LogP contribution >= 0.6 is 0 Å². The maximum absolute atomic E-state index is 11.1. The first kappa shape index (κ1) is 12.1. The van der Waals surface area contributed by atoms with E-state index < -0.39 is 0 Å². The molecular formula is C12H13N4O2+. The first-order chi connectivity index (χ1) is 8.69. The van der Waals surface area contributed by atoms with E-state index in [0.29, 0.717) is 5.82 Å². The highest BCUT2D eigenvalue weighted by molar-refractivity contribution is 5.67. The summed E-state index contributed by atoms with van der Waals surface area (Å²) in [6.07, 6.45) is 5.19.